The number of nitrogens with one attached hydrogen (secondary N) is 1. The summed E-state index contributed by atoms with van der Waals surface area (Å²) in [5, 5.41) is 2.99. The number of hydrogen-bond acceptors (Lipinski definition) is 5. The van der Waals surface area contributed by atoms with Crippen molar-refractivity contribution in [3.63, 3.8) is 0 Å². The number of benzene rings is 2. The monoisotopic (exact) mass is 809 g/mol. The Bertz CT molecular complexity index is 1440. The Morgan fingerprint density at radius 1 is 0.673 bits per heavy atom. The first-order chi connectivity index (χ1) is 25.8. The molecule has 2 atom stereocenters. The van der Waals surface area contributed by atoms with Gasteiger partial charge in [0.15, 0.2) is 5.78 Å². The summed E-state index contributed by atoms with van der Waals surface area (Å²) in [5.41, 5.74) is -2.12. The molecule has 2 unspecified atom stereocenters. The van der Waals surface area contributed by atoms with E-state index in [-0.39, 0.29) is 75.2 Å². The van der Waals surface area contributed by atoms with Crippen molar-refractivity contribution in [2.45, 2.75) is 187 Å². The minimum absolute atomic E-state index is 0. The molecule has 0 aromatic heterocycles. The molecule has 0 radical (unpaired) electrons. The fourth-order valence-corrected chi connectivity index (χ4v) is 8.56. The molecule has 0 saturated heterocycles. The number of carbonyl (C=O) groups excluding carboxylic acids is 2. The average Bonchev–Trinajstić information content (AvgIpc) is 3.15. The second kappa shape index (κ2) is 28.4. The number of carbonyl (C=O) groups is 2. The third-order valence-electron chi connectivity index (χ3n) is 10.6. The van der Waals surface area contributed by atoms with Gasteiger partial charge in [-0.25, -0.2) is 12.7 Å². The van der Waals surface area contributed by atoms with E-state index >= 15 is 0 Å². The van der Waals surface area contributed by atoms with E-state index in [4.69, 9.17) is 4.74 Å². The summed E-state index contributed by atoms with van der Waals surface area (Å²) < 4.78 is 35.2. The Labute approximate surface area is 381 Å². The van der Waals surface area contributed by atoms with E-state index in [1.54, 1.807) is 31.3 Å². The Kier molecular flexibility index (Phi) is 26.8. The Morgan fingerprint density at radius 3 is 1.60 bits per heavy atom. The maximum atomic E-state index is 14.5. The molecule has 2 aromatic carbocycles. The van der Waals surface area contributed by atoms with Crippen LogP contribution in [0.25, 0.3) is 0 Å². The average molecular weight is 809 g/mol. The van der Waals surface area contributed by atoms with Gasteiger partial charge < -0.3 is 11.5 Å². The Morgan fingerprint density at radius 2 is 1.15 bits per heavy atom. The van der Waals surface area contributed by atoms with E-state index in [1.165, 1.54) is 99.9 Å². The fraction of sp³-hybridized carbons (Fsp3) is 0.696. The van der Waals surface area contributed by atoms with Gasteiger partial charge >= 0.3 is 51.4 Å². The van der Waals surface area contributed by atoms with Crippen LogP contribution in [-0.4, -0.2) is 43.6 Å². The molecule has 0 bridgehead atoms. The number of ketones is 1. The second-order valence-electron chi connectivity index (χ2n) is 16.5. The second-order valence-corrected chi connectivity index (χ2v) is 18.5. The van der Waals surface area contributed by atoms with E-state index in [0.29, 0.717) is 25.1 Å². The van der Waals surface area contributed by atoms with Crippen LogP contribution < -0.4 is 61.4 Å². The normalized spacial score (nSPS) is 13.5. The summed E-state index contributed by atoms with van der Waals surface area (Å²) in [6.45, 7) is 12.3. The number of unbranched alkanes of at least 4 members (excludes halogenated alkanes) is 16. The summed E-state index contributed by atoms with van der Waals surface area (Å²) in [5.74, 6) is -0.897. The molecule has 1 N–H and O–H groups in total. The molecule has 0 fully saturated rings. The van der Waals surface area contributed by atoms with Crippen LogP contribution in [0, 0.1) is 11.3 Å². The predicted molar refractivity (Wildman–Crippen MR) is 228 cm³/mol. The zero-order valence-corrected chi connectivity index (χ0v) is 40.2. The molecule has 308 valence electrons. The Hall–Kier alpha value is -1.07. The standard InChI is InChI=1S/C46H76N2O5S.K.H/c1-8-11-13-14-15-16-17-18-19-20-21-22-23-24-25-29-38-48(7)54(51,52)42-36-34-41(35-37-42)53-46(43(49)45(4,5)6,39(30-10-3)31-12-9-2)44(50)47-40-32-27-26-28-33-40;;/h26-28,32-37,39H,8-25,29-31,38H2,1-7H3,(H,47,50);;/q;+1;-1. The number of sulfonamides is 1. The first-order valence-electron chi connectivity index (χ1n) is 21.5. The number of Topliss-reactive ketones (excluding diaryl/α,β-unsaturated/α-hetero) is 1. The molecule has 0 spiro atoms. The summed E-state index contributed by atoms with van der Waals surface area (Å²) in [6.07, 6.45) is 24.2. The minimum Gasteiger partial charge on any atom is -1.00 e. The van der Waals surface area contributed by atoms with Crippen LogP contribution >= 0.6 is 0 Å². The summed E-state index contributed by atoms with van der Waals surface area (Å²) in [4.78, 5) is 29.1. The minimum atomic E-state index is -3.72. The number of anilines is 1. The fourth-order valence-electron chi connectivity index (χ4n) is 7.35. The van der Waals surface area contributed by atoms with Crippen LogP contribution in [0.3, 0.4) is 0 Å². The zero-order valence-electron chi connectivity index (χ0n) is 37.2. The van der Waals surface area contributed by atoms with E-state index in [9.17, 15) is 18.0 Å². The molecule has 1 amide bonds. The Balaban J connectivity index is 0.0000151. The van der Waals surface area contributed by atoms with E-state index in [2.05, 4.69) is 26.1 Å². The van der Waals surface area contributed by atoms with Gasteiger partial charge in [0.1, 0.15) is 5.75 Å². The molecule has 9 heteroatoms. The van der Waals surface area contributed by atoms with Gasteiger partial charge in [-0.2, -0.15) is 0 Å². The first-order valence-corrected chi connectivity index (χ1v) is 22.9. The molecule has 2 aromatic rings. The van der Waals surface area contributed by atoms with Crippen molar-refractivity contribution in [1.29, 1.82) is 0 Å². The van der Waals surface area contributed by atoms with Gasteiger partial charge in [-0.15, -0.1) is 0 Å². The molecular formula is C46H77KN2O5S. The third-order valence-corrected chi connectivity index (χ3v) is 12.5. The number of hydrogen-bond donors (Lipinski definition) is 1. The zero-order chi connectivity index (χ0) is 39.9. The smallest absolute Gasteiger partial charge is 1.00 e. The molecule has 0 aliphatic heterocycles. The van der Waals surface area contributed by atoms with Gasteiger partial charge in [-0.3, -0.25) is 9.59 Å². The van der Waals surface area contributed by atoms with E-state index in [1.807, 2.05) is 39.0 Å². The van der Waals surface area contributed by atoms with E-state index < -0.39 is 26.9 Å². The van der Waals surface area contributed by atoms with Gasteiger partial charge in [0, 0.05) is 30.6 Å². The van der Waals surface area contributed by atoms with Crippen molar-refractivity contribution >= 4 is 27.4 Å². The largest absolute Gasteiger partial charge is 1.00 e. The third kappa shape index (κ3) is 18.2. The van der Waals surface area contributed by atoms with Crippen molar-refractivity contribution < 1.29 is 75.6 Å². The summed E-state index contributed by atoms with van der Waals surface area (Å²) in [7, 11) is -2.09. The van der Waals surface area contributed by atoms with Crippen LogP contribution in [-0.2, 0) is 19.6 Å². The van der Waals surface area contributed by atoms with Crippen LogP contribution in [0.15, 0.2) is 59.5 Å². The van der Waals surface area contributed by atoms with Gasteiger partial charge in [-0.1, -0.05) is 175 Å². The number of rotatable bonds is 30. The summed E-state index contributed by atoms with van der Waals surface area (Å²) in [6, 6.07) is 15.3. The molecule has 55 heavy (non-hydrogen) atoms. The van der Waals surface area contributed by atoms with Crippen molar-refractivity contribution in [2.75, 3.05) is 18.9 Å². The van der Waals surface area contributed by atoms with Crippen molar-refractivity contribution in [3.8, 4) is 5.75 Å². The van der Waals surface area contributed by atoms with Crippen LogP contribution in [0.4, 0.5) is 5.69 Å². The number of nitrogens with zero attached hydrogens (tertiary/aromatic N) is 1. The van der Waals surface area contributed by atoms with Crippen molar-refractivity contribution in [3.05, 3.63) is 54.6 Å². The van der Waals surface area contributed by atoms with Gasteiger partial charge in [0.05, 0.1) is 4.90 Å². The van der Waals surface area contributed by atoms with Gasteiger partial charge in [0.2, 0.25) is 15.6 Å². The molecule has 2 rings (SSSR count). The SMILES string of the molecule is CCCCCCCCCCCCCCCCCCN(C)S(=O)(=O)c1ccc(OC(C(=O)Nc2ccccc2)(C(=O)C(C)(C)C)C(CCC)CCCC)cc1.[H-].[K+]. The maximum Gasteiger partial charge on any atom is 1.00 e. The topological polar surface area (TPSA) is 92.8 Å². The number of para-hydroxylation sites is 1. The quantitative estimate of drug-likeness (QED) is 0.0482. The maximum absolute atomic E-state index is 14.5. The van der Waals surface area contributed by atoms with Gasteiger partial charge in [0.25, 0.3) is 5.91 Å². The van der Waals surface area contributed by atoms with Gasteiger partial charge in [-0.05, 0) is 55.7 Å². The molecule has 0 heterocycles. The first kappa shape index (κ1) is 51.9. The summed E-state index contributed by atoms with van der Waals surface area (Å²) >= 11 is 0. The number of amides is 1. The number of ether oxygens (including phenoxy) is 1. The molecule has 0 saturated carbocycles. The molecule has 0 aliphatic rings. The van der Waals surface area contributed by atoms with Crippen LogP contribution in [0.5, 0.6) is 5.75 Å². The molecular weight excluding hydrogens is 732 g/mol. The predicted octanol–water partition coefficient (Wildman–Crippen LogP) is 9.66. The van der Waals surface area contributed by atoms with Crippen LogP contribution in [0.2, 0.25) is 0 Å². The molecule has 7 nitrogen and oxygen atoms in total. The van der Waals surface area contributed by atoms with Crippen LogP contribution in [0.1, 0.15) is 178 Å². The van der Waals surface area contributed by atoms with Crippen molar-refractivity contribution in [1.82, 2.24) is 4.31 Å². The van der Waals surface area contributed by atoms with Crippen molar-refractivity contribution in [2.24, 2.45) is 11.3 Å². The van der Waals surface area contributed by atoms with E-state index in [0.717, 1.165) is 38.5 Å². The molecule has 0 aliphatic carbocycles.